The number of piperidine rings is 1. The fraction of sp³-hybridized carbons (Fsp3) is 0.429. The standard InChI is InChI=1S/C21H22F4N6O4/c1-20(34,21(23,24)25)11-9-31-15(8-27-17(31)7-16(11)35-2)13-3-5-26-18(28-13)29-14-10-30(19(32)33)6-4-12(14)22/h3,5,7-9,12,14,34H,4,6,10H2,1-2H3,(H,32,33)(H,26,28,29)/t12-,14-,20?/m0/s1. The molecule has 3 N–H and O–H groups in total. The van der Waals surface area contributed by atoms with E-state index in [0.29, 0.717) is 6.92 Å². The normalized spacial score (nSPS) is 20.5. The average Bonchev–Trinajstić information content (AvgIpc) is 3.22. The number of halogens is 4. The van der Waals surface area contributed by atoms with Crippen molar-refractivity contribution in [2.24, 2.45) is 0 Å². The molecule has 0 radical (unpaired) electrons. The Bertz CT molecular complexity index is 1250. The molecule has 10 nitrogen and oxygen atoms in total. The van der Waals surface area contributed by atoms with Crippen LogP contribution < -0.4 is 10.1 Å². The molecule has 188 valence electrons. The zero-order valence-electron chi connectivity index (χ0n) is 18.6. The number of ether oxygens (including phenoxy) is 1. The van der Waals surface area contributed by atoms with Crippen LogP contribution in [-0.2, 0) is 5.60 Å². The number of pyridine rings is 1. The number of amides is 1. The minimum absolute atomic E-state index is 0.00774. The van der Waals surface area contributed by atoms with Crippen LogP contribution in [0, 0.1) is 0 Å². The van der Waals surface area contributed by atoms with Crippen molar-refractivity contribution in [2.45, 2.75) is 37.3 Å². The van der Waals surface area contributed by atoms with Gasteiger partial charge in [-0.1, -0.05) is 0 Å². The van der Waals surface area contributed by atoms with Gasteiger partial charge in [0.1, 0.15) is 17.6 Å². The average molecular weight is 498 g/mol. The second kappa shape index (κ2) is 8.83. The molecule has 3 aromatic rings. The highest BCUT2D eigenvalue weighted by atomic mass is 19.4. The monoisotopic (exact) mass is 498 g/mol. The summed E-state index contributed by atoms with van der Waals surface area (Å²) in [4.78, 5) is 24.9. The highest BCUT2D eigenvalue weighted by Gasteiger charge is 2.53. The number of carboxylic acid groups (broad SMARTS) is 1. The van der Waals surface area contributed by atoms with Crippen LogP contribution in [0.1, 0.15) is 18.9 Å². The van der Waals surface area contributed by atoms with Crippen molar-refractivity contribution in [3.8, 4) is 17.1 Å². The first-order chi connectivity index (χ1) is 16.4. The van der Waals surface area contributed by atoms with E-state index in [1.165, 1.54) is 36.0 Å². The molecule has 1 amide bonds. The number of hydrogen-bond donors (Lipinski definition) is 3. The number of alkyl halides is 4. The number of imidazole rings is 1. The van der Waals surface area contributed by atoms with Gasteiger partial charge in [-0.25, -0.2) is 24.1 Å². The summed E-state index contributed by atoms with van der Waals surface area (Å²) >= 11 is 0. The van der Waals surface area contributed by atoms with E-state index < -0.39 is 35.6 Å². The lowest BCUT2D eigenvalue weighted by atomic mass is 9.96. The van der Waals surface area contributed by atoms with Crippen molar-refractivity contribution in [3.63, 3.8) is 0 Å². The number of likely N-dealkylation sites (tertiary alicyclic amines) is 1. The van der Waals surface area contributed by atoms with E-state index in [2.05, 4.69) is 20.3 Å². The van der Waals surface area contributed by atoms with E-state index in [1.807, 2.05) is 0 Å². The first-order valence-corrected chi connectivity index (χ1v) is 10.5. The molecule has 1 unspecified atom stereocenters. The summed E-state index contributed by atoms with van der Waals surface area (Å²) < 4.78 is 61.4. The van der Waals surface area contributed by atoms with E-state index >= 15 is 0 Å². The Labute approximate surface area is 196 Å². The summed E-state index contributed by atoms with van der Waals surface area (Å²) in [5.74, 6) is -0.190. The van der Waals surface area contributed by atoms with E-state index in [-0.39, 0.29) is 48.2 Å². The third kappa shape index (κ3) is 4.52. The minimum atomic E-state index is -4.98. The number of anilines is 1. The van der Waals surface area contributed by atoms with Gasteiger partial charge in [-0.05, 0) is 19.4 Å². The number of aromatic nitrogens is 4. The molecular formula is C21H22F4N6O4. The lowest BCUT2D eigenvalue weighted by molar-refractivity contribution is -0.259. The molecule has 3 aromatic heterocycles. The number of fused-ring (bicyclic) bond motifs is 1. The summed E-state index contributed by atoms with van der Waals surface area (Å²) in [6, 6.07) is 1.86. The van der Waals surface area contributed by atoms with Crippen molar-refractivity contribution in [1.82, 2.24) is 24.3 Å². The maximum absolute atomic E-state index is 14.4. The van der Waals surface area contributed by atoms with Crippen molar-refractivity contribution in [2.75, 3.05) is 25.5 Å². The summed E-state index contributed by atoms with van der Waals surface area (Å²) in [6.45, 7) is 0.595. The Morgan fingerprint density at radius 3 is 2.71 bits per heavy atom. The molecule has 0 bridgehead atoms. The van der Waals surface area contributed by atoms with Gasteiger partial charge in [-0.15, -0.1) is 0 Å². The van der Waals surface area contributed by atoms with Gasteiger partial charge >= 0.3 is 12.3 Å². The number of rotatable bonds is 5. The van der Waals surface area contributed by atoms with E-state index in [1.54, 1.807) is 0 Å². The second-order valence-electron chi connectivity index (χ2n) is 8.25. The number of nitrogens with one attached hydrogen (secondary N) is 1. The molecule has 0 aliphatic carbocycles. The molecule has 0 aromatic carbocycles. The Hall–Kier alpha value is -3.68. The summed E-state index contributed by atoms with van der Waals surface area (Å²) in [7, 11) is 1.18. The molecule has 4 rings (SSSR count). The Kier molecular flexibility index (Phi) is 6.17. The van der Waals surface area contributed by atoms with Crippen LogP contribution in [0.15, 0.2) is 30.7 Å². The first kappa shape index (κ1) is 24.4. The minimum Gasteiger partial charge on any atom is -0.496 e. The van der Waals surface area contributed by atoms with Crippen molar-refractivity contribution < 1.29 is 37.3 Å². The smallest absolute Gasteiger partial charge is 0.421 e. The van der Waals surface area contributed by atoms with Gasteiger partial charge in [-0.3, -0.25) is 4.40 Å². The molecule has 4 heterocycles. The van der Waals surface area contributed by atoms with E-state index in [4.69, 9.17) is 4.74 Å². The predicted molar refractivity (Wildman–Crippen MR) is 115 cm³/mol. The molecule has 3 atom stereocenters. The number of hydrogen-bond acceptors (Lipinski definition) is 7. The van der Waals surface area contributed by atoms with Crippen LogP contribution >= 0.6 is 0 Å². The largest absolute Gasteiger partial charge is 0.496 e. The summed E-state index contributed by atoms with van der Waals surface area (Å²) in [5, 5.41) is 22.2. The van der Waals surface area contributed by atoms with Gasteiger partial charge in [-0.2, -0.15) is 13.2 Å². The van der Waals surface area contributed by atoms with Crippen molar-refractivity contribution in [1.29, 1.82) is 0 Å². The maximum Gasteiger partial charge on any atom is 0.421 e. The molecular weight excluding hydrogens is 476 g/mol. The van der Waals surface area contributed by atoms with Gasteiger partial charge in [0.2, 0.25) is 5.95 Å². The fourth-order valence-corrected chi connectivity index (χ4v) is 3.85. The number of aliphatic hydroxyl groups is 1. The Morgan fingerprint density at radius 1 is 1.31 bits per heavy atom. The lowest BCUT2D eigenvalue weighted by Gasteiger charge is -2.33. The fourth-order valence-electron chi connectivity index (χ4n) is 3.85. The summed E-state index contributed by atoms with van der Waals surface area (Å²) in [6.07, 6.45) is -3.64. The number of carbonyl (C=O) groups is 1. The molecule has 14 heteroatoms. The molecule has 1 aliphatic heterocycles. The zero-order chi connectivity index (χ0) is 25.5. The topological polar surface area (TPSA) is 125 Å². The molecule has 0 saturated carbocycles. The van der Waals surface area contributed by atoms with Crippen LogP contribution in [-0.4, -0.2) is 79.1 Å². The quantitative estimate of drug-likeness (QED) is 0.459. The molecule has 1 saturated heterocycles. The third-order valence-electron chi connectivity index (χ3n) is 5.94. The van der Waals surface area contributed by atoms with Crippen LogP contribution in [0.3, 0.4) is 0 Å². The van der Waals surface area contributed by atoms with Gasteiger partial charge < -0.3 is 25.2 Å². The third-order valence-corrected chi connectivity index (χ3v) is 5.94. The maximum atomic E-state index is 14.4. The lowest BCUT2D eigenvalue weighted by Crippen LogP contribution is -2.50. The van der Waals surface area contributed by atoms with Crippen LogP contribution in [0.5, 0.6) is 5.75 Å². The van der Waals surface area contributed by atoms with Gasteiger partial charge in [0.25, 0.3) is 0 Å². The highest BCUT2D eigenvalue weighted by Crippen LogP contribution is 2.43. The highest BCUT2D eigenvalue weighted by molar-refractivity contribution is 5.65. The SMILES string of the molecule is COc1cc2ncc(-c3ccnc(N[C@H]4CN(C(=O)O)CC[C@@H]4F)n3)n2cc1C(C)(O)C(F)(F)F. The Balaban J connectivity index is 1.70. The van der Waals surface area contributed by atoms with Gasteiger partial charge in [0, 0.05) is 31.5 Å². The second-order valence-corrected chi connectivity index (χ2v) is 8.25. The van der Waals surface area contributed by atoms with E-state index in [0.717, 1.165) is 11.1 Å². The van der Waals surface area contributed by atoms with Crippen LogP contribution in [0.2, 0.25) is 0 Å². The molecule has 1 aliphatic rings. The predicted octanol–water partition coefficient (Wildman–Crippen LogP) is 3.07. The van der Waals surface area contributed by atoms with E-state index in [9.17, 15) is 32.6 Å². The van der Waals surface area contributed by atoms with Crippen LogP contribution in [0.4, 0.5) is 28.3 Å². The number of methoxy groups -OCH3 is 1. The van der Waals surface area contributed by atoms with Crippen molar-refractivity contribution >= 4 is 17.7 Å². The van der Waals surface area contributed by atoms with Gasteiger partial charge in [0.15, 0.2) is 5.60 Å². The Morgan fingerprint density at radius 2 is 2.06 bits per heavy atom. The molecule has 35 heavy (non-hydrogen) atoms. The summed E-state index contributed by atoms with van der Waals surface area (Å²) in [5.41, 5.74) is -2.97. The van der Waals surface area contributed by atoms with Crippen molar-refractivity contribution in [3.05, 3.63) is 36.3 Å². The first-order valence-electron chi connectivity index (χ1n) is 10.5. The number of nitrogens with zero attached hydrogens (tertiary/aromatic N) is 5. The van der Waals surface area contributed by atoms with Gasteiger partial charge in [0.05, 0.1) is 36.3 Å². The molecule has 0 spiro atoms. The zero-order valence-corrected chi connectivity index (χ0v) is 18.6. The van der Waals surface area contributed by atoms with Crippen LogP contribution in [0.25, 0.3) is 17.0 Å². The molecule has 1 fully saturated rings.